The summed E-state index contributed by atoms with van der Waals surface area (Å²) < 4.78 is 25.7. The van der Waals surface area contributed by atoms with Crippen LogP contribution in [0.1, 0.15) is 50.1 Å². The Morgan fingerprint density at radius 3 is 2.64 bits per heavy atom. The lowest BCUT2D eigenvalue weighted by atomic mass is 10.2. The Hall–Kier alpha value is -2.60. The van der Waals surface area contributed by atoms with Crippen molar-refractivity contribution < 1.29 is 18.9 Å². The molecule has 0 saturated carbocycles. The van der Waals surface area contributed by atoms with Crippen LogP contribution in [0.5, 0.6) is 17.2 Å². The van der Waals surface area contributed by atoms with Gasteiger partial charge in [-0.2, -0.15) is 10.4 Å². The number of ether oxygens (including phenoxy) is 4. The average Bonchev–Trinajstić information content (AvgIpc) is 3.15. The Labute approximate surface area is 197 Å². The van der Waals surface area contributed by atoms with Crippen LogP contribution in [0, 0.1) is 11.3 Å². The fourth-order valence-corrected chi connectivity index (χ4v) is 3.77. The number of benzene rings is 1. The van der Waals surface area contributed by atoms with Gasteiger partial charge in [0.15, 0.2) is 12.0 Å². The summed E-state index contributed by atoms with van der Waals surface area (Å²) in [6.07, 6.45) is 4.60. The monoisotopic (exact) mass is 456 g/mol. The van der Waals surface area contributed by atoms with Gasteiger partial charge in [0.1, 0.15) is 23.8 Å². The zero-order valence-electron chi connectivity index (χ0n) is 20.3. The Morgan fingerprint density at radius 2 is 1.97 bits per heavy atom. The van der Waals surface area contributed by atoms with Gasteiger partial charge in [-0.05, 0) is 58.3 Å². The van der Waals surface area contributed by atoms with Crippen molar-refractivity contribution in [2.75, 3.05) is 40.5 Å². The van der Waals surface area contributed by atoms with E-state index in [-0.39, 0.29) is 6.29 Å². The Balaban J connectivity index is 1.74. The van der Waals surface area contributed by atoms with Crippen molar-refractivity contribution in [3.05, 3.63) is 35.2 Å². The smallest absolute Gasteiger partial charge is 0.171 e. The molecule has 0 amide bonds. The van der Waals surface area contributed by atoms with Crippen LogP contribution >= 0.6 is 0 Å². The van der Waals surface area contributed by atoms with Gasteiger partial charge in [0.2, 0.25) is 0 Å². The highest BCUT2D eigenvalue weighted by atomic mass is 16.7. The minimum Gasteiger partial charge on any atom is -0.492 e. The van der Waals surface area contributed by atoms with Crippen LogP contribution in [0.4, 0.5) is 0 Å². The predicted octanol–water partition coefficient (Wildman–Crippen LogP) is 4.16. The Morgan fingerprint density at radius 1 is 1.15 bits per heavy atom. The molecule has 8 nitrogen and oxygen atoms in total. The number of hydrogen-bond donors (Lipinski definition) is 0. The third-order valence-corrected chi connectivity index (χ3v) is 5.53. The molecule has 1 aromatic heterocycles. The second-order valence-electron chi connectivity index (χ2n) is 8.38. The van der Waals surface area contributed by atoms with E-state index in [0.29, 0.717) is 36.8 Å². The second-order valence-corrected chi connectivity index (χ2v) is 8.38. The minimum absolute atomic E-state index is 0.111. The summed E-state index contributed by atoms with van der Waals surface area (Å²) in [5, 5.41) is 14.2. The van der Waals surface area contributed by atoms with Gasteiger partial charge in [-0.3, -0.25) is 4.68 Å². The van der Waals surface area contributed by atoms with E-state index in [9.17, 15) is 5.26 Å². The summed E-state index contributed by atoms with van der Waals surface area (Å²) in [7, 11) is 3.99. The first kappa shape index (κ1) is 25.0. The molecule has 2 aromatic rings. The van der Waals surface area contributed by atoms with E-state index in [2.05, 4.69) is 19.9 Å². The standard InChI is InChI=1S/C25H36N4O4/c1-5-22-25(23(6-2)29(27-22)11-14-32-24-9-7-8-12-31-24)33-21-16-19(18-26)15-20(17-21)30-13-10-28(3)4/h15-17,24H,5-14H2,1-4H3. The Bertz CT molecular complexity index is 929. The van der Waals surface area contributed by atoms with Gasteiger partial charge in [0.05, 0.1) is 30.5 Å². The molecule has 1 aliphatic heterocycles. The highest BCUT2D eigenvalue weighted by Crippen LogP contribution is 2.33. The zero-order chi connectivity index (χ0) is 23.6. The third kappa shape index (κ3) is 7.19. The number of likely N-dealkylation sites (N-methyl/N-ethyl adjacent to an activating group) is 1. The molecule has 1 aliphatic rings. The van der Waals surface area contributed by atoms with Crippen molar-refractivity contribution in [3.63, 3.8) is 0 Å². The van der Waals surface area contributed by atoms with Crippen molar-refractivity contribution in [1.29, 1.82) is 5.26 Å². The largest absolute Gasteiger partial charge is 0.492 e. The molecular formula is C25H36N4O4. The summed E-state index contributed by atoms with van der Waals surface area (Å²) in [6.45, 7) is 7.41. The molecule has 0 bridgehead atoms. The highest BCUT2D eigenvalue weighted by molar-refractivity contribution is 5.47. The van der Waals surface area contributed by atoms with Crippen LogP contribution in [-0.4, -0.2) is 61.4 Å². The van der Waals surface area contributed by atoms with Crippen LogP contribution in [-0.2, 0) is 28.9 Å². The van der Waals surface area contributed by atoms with E-state index in [1.165, 1.54) is 0 Å². The van der Waals surface area contributed by atoms with Crippen LogP contribution in [0.2, 0.25) is 0 Å². The van der Waals surface area contributed by atoms with E-state index in [1.54, 1.807) is 12.1 Å². The highest BCUT2D eigenvalue weighted by Gasteiger charge is 2.20. The fraction of sp³-hybridized carbons (Fsp3) is 0.600. The first-order chi connectivity index (χ1) is 16.0. The second kappa shape index (κ2) is 12.6. The van der Waals surface area contributed by atoms with Gasteiger partial charge in [-0.15, -0.1) is 0 Å². The van der Waals surface area contributed by atoms with Crippen molar-refractivity contribution in [2.24, 2.45) is 0 Å². The summed E-state index contributed by atoms with van der Waals surface area (Å²) >= 11 is 0. The van der Waals surface area contributed by atoms with Gasteiger partial charge in [0.25, 0.3) is 0 Å². The molecule has 0 spiro atoms. The number of nitriles is 1. The maximum Gasteiger partial charge on any atom is 0.171 e. The van der Waals surface area contributed by atoms with Crippen molar-refractivity contribution in [1.82, 2.24) is 14.7 Å². The lowest BCUT2D eigenvalue weighted by Crippen LogP contribution is -2.24. The molecule has 2 heterocycles. The summed E-state index contributed by atoms with van der Waals surface area (Å²) in [4.78, 5) is 2.05. The van der Waals surface area contributed by atoms with E-state index in [1.807, 2.05) is 29.7 Å². The van der Waals surface area contributed by atoms with Crippen molar-refractivity contribution >= 4 is 0 Å². The lowest BCUT2D eigenvalue weighted by molar-refractivity contribution is -0.163. The first-order valence-electron chi connectivity index (χ1n) is 11.9. The molecule has 0 aliphatic carbocycles. The van der Waals surface area contributed by atoms with Crippen LogP contribution in [0.15, 0.2) is 18.2 Å². The molecule has 1 unspecified atom stereocenters. The fourth-order valence-electron chi connectivity index (χ4n) is 3.77. The van der Waals surface area contributed by atoms with Crippen LogP contribution < -0.4 is 9.47 Å². The molecule has 1 atom stereocenters. The van der Waals surface area contributed by atoms with Gasteiger partial charge < -0.3 is 23.8 Å². The number of nitrogens with zero attached hydrogens (tertiary/aromatic N) is 4. The summed E-state index contributed by atoms with van der Waals surface area (Å²) in [6, 6.07) is 7.49. The quantitative estimate of drug-likeness (QED) is 0.474. The van der Waals surface area contributed by atoms with E-state index in [0.717, 1.165) is 62.4 Å². The van der Waals surface area contributed by atoms with Crippen molar-refractivity contribution in [2.45, 2.75) is 58.8 Å². The Kier molecular flexibility index (Phi) is 9.55. The van der Waals surface area contributed by atoms with Crippen LogP contribution in [0.3, 0.4) is 0 Å². The van der Waals surface area contributed by atoms with E-state index in [4.69, 9.17) is 24.0 Å². The molecule has 1 fully saturated rings. The maximum atomic E-state index is 9.47. The van der Waals surface area contributed by atoms with Crippen LogP contribution in [0.25, 0.3) is 0 Å². The molecule has 1 saturated heterocycles. The van der Waals surface area contributed by atoms with E-state index < -0.39 is 0 Å². The summed E-state index contributed by atoms with van der Waals surface area (Å²) in [5.74, 6) is 1.95. The number of hydrogen-bond acceptors (Lipinski definition) is 7. The molecule has 3 rings (SSSR count). The molecular weight excluding hydrogens is 420 g/mol. The van der Waals surface area contributed by atoms with Gasteiger partial charge >= 0.3 is 0 Å². The maximum absolute atomic E-state index is 9.47. The molecule has 8 heteroatoms. The molecule has 0 N–H and O–H groups in total. The number of aryl methyl sites for hydroxylation is 1. The minimum atomic E-state index is -0.111. The number of rotatable bonds is 12. The number of aromatic nitrogens is 2. The van der Waals surface area contributed by atoms with Gasteiger partial charge in [-0.25, -0.2) is 0 Å². The predicted molar refractivity (Wildman–Crippen MR) is 126 cm³/mol. The molecule has 0 radical (unpaired) electrons. The third-order valence-electron chi connectivity index (χ3n) is 5.53. The lowest BCUT2D eigenvalue weighted by Gasteiger charge is -2.22. The molecule has 180 valence electrons. The normalized spacial score (nSPS) is 16.1. The zero-order valence-corrected chi connectivity index (χ0v) is 20.3. The van der Waals surface area contributed by atoms with Gasteiger partial charge in [-0.1, -0.05) is 13.8 Å². The first-order valence-corrected chi connectivity index (χ1v) is 11.9. The summed E-state index contributed by atoms with van der Waals surface area (Å²) in [5.41, 5.74) is 2.40. The molecule has 1 aromatic carbocycles. The SMILES string of the molecule is CCc1nn(CCOC2CCCCO2)c(CC)c1Oc1cc(C#N)cc(OCCN(C)C)c1. The van der Waals surface area contributed by atoms with E-state index >= 15 is 0 Å². The molecule has 33 heavy (non-hydrogen) atoms. The van der Waals surface area contributed by atoms with Gasteiger partial charge in [0, 0.05) is 19.2 Å². The van der Waals surface area contributed by atoms with Crippen molar-refractivity contribution in [3.8, 4) is 23.3 Å². The topological polar surface area (TPSA) is 81.8 Å². The average molecular weight is 457 g/mol.